The van der Waals surface area contributed by atoms with Crippen molar-refractivity contribution in [1.82, 2.24) is 5.32 Å². The van der Waals surface area contributed by atoms with Crippen LogP contribution in [0.1, 0.15) is 11.1 Å². The van der Waals surface area contributed by atoms with Crippen molar-refractivity contribution in [1.29, 1.82) is 0 Å². The van der Waals surface area contributed by atoms with E-state index in [-0.39, 0.29) is 19.1 Å². The molecule has 0 unspecified atom stereocenters. The summed E-state index contributed by atoms with van der Waals surface area (Å²) in [5, 5.41) is 12.0. The summed E-state index contributed by atoms with van der Waals surface area (Å²) in [6.45, 7) is 1.90. The smallest absolute Gasteiger partial charge is 0.341 e. The Balaban J connectivity index is 1.69. The lowest BCUT2D eigenvalue weighted by atomic mass is 10.1. The number of aliphatic carboxylic acids is 1. The Labute approximate surface area is 156 Å². The second-order valence-electron chi connectivity index (χ2n) is 5.63. The van der Waals surface area contributed by atoms with Crippen LogP contribution in [0.3, 0.4) is 0 Å². The predicted octanol–water partition coefficient (Wildman–Crippen LogP) is 2.85. The lowest BCUT2D eigenvalue weighted by Crippen LogP contribution is -2.30. The van der Waals surface area contributed by atoms with Crippen molar-refractivity contribution in [3.8, 4) is 11.5 Å². The summed E-state index contributed by atoms with van der Waals surface area (Å²) >= 11 is 5.94. The summed E-state index contributed by atoms with van der Waals surface area (Å²) in [7, 11) is 0. The van der Waals surface area contributed by atoms with E-state index in [2.05, 4.69) is 5.32 Å². The van der Waals surface area contributed by atoms with Gasteiger partial charge in [0.1, 0.15) is 11.5 Å². The standard InChI is InChI=1S/C19H20ClNO5/c1-13-10-16(6-7-17(13)20)25-11-18(22)21-9-8-14-2-4-15(5-3-14)26-12-19(23)24/h2-7,10H,8-9,11-12H2,1H3,(H,21,22)(H,23,24). The van der Waals surface area contributed by atoms with E-state index in [0.717, 1.165) is 11.1 Å². The van der Waals surface area contributed by atoms with Crippen LogP contribution in [0.4, 0.5) is 0 Å². The zero-order valence-electron chi connectivity index (χ0n) is 14.3. The van der Waals surface area contributed by atoms with Crippen molar-refractivity contribution in [2.24, 2.45) is 0 Å². The zero-order valence-corrected chi connectivity index (χ0v) is 15.1. The third-order valence-corrected chi connectivity index (χ3v) is 3.94. The molecule has 2 aromatic rings. The maximum absolute atomic E-state index is 11.8. The number of hydrogen-bond donors (Lipinski definition) is 2. The highest BCUT2D eigenvalue weighted by molar-refractivity contribution is 6.31. The monoisotopic (exact) mass is 377 g/mol. The van der Waals surface area contributed by atoms with Crippen LogP contribution >= 0.6 is 11.6 Å². The molecule has 2 rings (SSSR count). The van der Waals surface area contributed by atoms with Crippen molar-refractivity contribution in [2.75, 3.05) is 19.8 Å². The first-order valence-electron chi connectivity index (χ1n) is 8.03. The van der Waals surface area contributed by atoms with Gasteiger partial charge in [-0.3, -0.25) is 4.79 Å². The van der Waals surface area contributed by atoms with Crippen LogP contribution in [-0.4, -0.2) is 36.7 Å². The molecule has 0 saturated carbocycles. The summed E-state index contributed by atoms with van der Waals surface area (Å²) in [4.78, 5) is 22.3. The summed E-state index contributed by atoms with van der Waals surface area (Å²) in [6, 6.07) is 12.3. The first-order valence-corrected chi connectivity index (χ1v) is 8.41. The van der Waals surface area contributed by atoms with Gasteiger partial charge < -0.3 is 19.9 Å². The Kier molecular flexibility index (Phi) is 7.29. The van der Waals surface area contributed by atoms with Crippen LogP contribution < -0.4 is 14.8 Å². The van der Waals surface area contributed by atoms with Crippen molar-refractivity contribution in [3.63, 3.8) is 0 Å². The number of carboxylic acid groups (broad SMARTS) is 1. The summed E-state index contributed by atoms with van der Waals surface area (Å²) < 4.78 is 10.5. The highest BCUT2D eigenvalue weighted by atomic mass is 35.5. The van der Waals surface area contributed by atoms with Gasteiger partial charge in [0, 0.05) is 11.6 Å². The number of amides is 1. The maximum atomic E-state index is 11.8. The topological polar surface area (TPSA) is 84.9 Å². The number of ether oxygens (including phenoxy) is 2. The molecular weight excluding hydrogens is 358 g/mol. The van der Waals surface area contributed by atoms with Crippen LogP contribution in [0.5, 0.6) is 11.5 Å². The lowest BCUT2D eigenvalue weighted by molar-refractivity contribution is -0.139. The molecule has 1 amide bonds. The molecule has 0 atom stereocenters. The van der Waals surface area contributed by atoms with Gasteiger partial charge in [0.05, 0.1) is 0 Å². The predicted molar refractivity (Wildman–Crippen MR) is 98.0 cm³/mol. The largest absolute Gasteiger partial charge is 0.484 e. The number of carbonyl (C=O) groups excluding carboxylic acids is 1. The van der Waals surface area contributed by atoms with Crippen LogP contribution in [-0.2, 0) is 16.0 Å². The van der Waals surface area contributed by atoms with Gasteiger partial charge in [-0.2, -0.15) is 0 Å². The maximum Gasteiger partial charge on any atom is 0.341 e. The Morgan fingerprint density at radius 1 is 1.04 bits per heavy atom. The van der Waals surface area contributed by atoms with Gasteiger partial charge >= 0.3 is 5.97 Å². The van der Waals surface area contributed by atoms with E-state index >= 15 is 0 Å². The van der Waals surface area contributed by atoms with E-state index in [4.69, 9.17) is 26.2 Å². The minimum atomic E-state index is -1.02. The van der Waals surface area contributed by atoms with Crippen molar-refractivity contribution in [3.05, 3.63) is 58.6 Å². The lowest BCUT2D eigenvalue weighted by Gasteiger charge is -2.09. The Morgan fingerprint density at radius 2 is 1.69 bits per heavy atom. The molecule has 2 aromatic carbocycles. The number of hydrogen-bond acceptors (Lipinski definition) is 4. The molecule has 26 heavy (non-hydrogen) atoms. The number of carboxylic acids is 1. The van der Waals surface area contributed by atoms with Gasteiger partial charge in [-0.1, -0.05) is 23.7 Å². The molecule has 0 aliphatic rings. The average Bonchev–Trinajstić information content (AvgIpc) is 2.62. The summed E-state index contributed by atoms with van der Waals surface area (Å²) in [5.41, 5.74) is 1.89. The average molecular weight is 378 g/mol. The molecule has 7 heteroatoms. The third kappa shape index (κ3) is 6.64. The second kappa shape index (κ2) is 9.68. The summed E-state index contributed by atoms with van der Waals surface area (Å²) in [6.07, 6.45) is 0.644. The van der Waals surface area contributed by atoms with E-state index in [1.54, 1.807) is 30.3 Å². The highest BCUT2D eigenvalue weighted by Gasteiger charge is 2.05. The molecule has 0 saturated heterocycles. The quantitative estimate of drug-likeness (QED) is 0.702. The molecule has 0 radical (unpaired) electrons. The van der Waals surface area contributed by atoms with Gasteiger partial charge in [-0.15, -0.1) is 0 Å². The SMILES string of the molecule is Cc1cc(OCC(=O)NCCc2ccc(OCC(=O)O)cc2)ccc1Cl. The molecule has 0 spiro atoms. The zero-order chi connectivity index (χ0) is 18.9. The van der Waals surface area contributed by atoms with E-state index in [1.807, 2.05) is 19.1 Å². The van der Waals surface area contributed by atoms with Gasteiger partial charge in [0.2, 0.25) is 0 Å². The van der Waals surface area contributed by atoms with Crippen LogP contribution in [0.15, 0.2) is 42.5 Å². The minimum Gasteiger partial charge on any atom is -0.484 e. The van der Waals surface area contributed by atoms with Crippen molar-refractivity contribution >= 4 is 23.5 Å². The van der Waals surface area contributed by atoms with E-state index in [0.29, 0.717) is 29.5 Å². The first kappa shape index (κ1) is 19.6. The van der Waals surface area contributed by atoms with E-state index in [1.165, 1.54) is 0 Å². The normalized spacial score (nSPS) is 10.2. The van der Waals surface area contributed by atoms with Gasteiger partial charge in [-0.25, -0.2) is 4.79 Å². The van der Waals surface area contributed by atoms with Crippen LogP contribution in [0.25, 0.3) is 0 Å². The number of carbonyl (C=O) groups is 2. The second-order valence-corrected chi connectivity index (χ2v) is 6.03. The Hall–Kier alpha value is -2.73. The summed E-state index contributed by atoms with van der Waals surface area (Å²) in [5.74, 6) is -0.141. The Morgan fingerprint density at radius 3 is 2.35 bits per heavy atom. The molecule has 138 valence electrons. The van der Waals surface area contributed by atoms with Crippen molar-refractivity contribution in [2.45, 2.75) is 13.3 Å². The Bertz CT molecular complexity index is 761. The fraction of sp³-hybridized carbons (Fsp3) is 0.263. The number of benzene rings is 2. The molecule has 0 aliphatic carbocycles. The van der Waals surface area contributed by atoms with Gasteiger partial charge in [-0.05, 0) is 54.8 Å². The number of nitrogens with one attached hydrogen (secondary N) is 1. The molecule has 0 fully saturated rings. The molecule has 0 bridgehead atoms. The number of halogens is 1. The third-order valence-electron chi connectivity index (χ3n) is 3.52. The molecule has 2 N–H and O–H groups in total. The number of aryl methyl sites for hydroxylation is 1. The molecule has 0 heterocycles. The van der Waals surface area contributed by atoms with Crippen LogP contribution in [0.2, 0.25) is 5.02 Å². The van der Waals surface area contributed by atoms with Gasteiger partial charge in [0.15, 0.2) is 13.2 Å². The van der Waals surface area contributed by atoms with Gasteiger partial charge in [0.25, 0.3) is 5.91 Å². The molecule has 6 nitrogen and oxygen atoms in total. The molecule has 0 aromatic heterocycles. The molecule has 0 aliphatic heterocycles. The minimum absolute atomic E-state index is 0.0664. The number of rotatable bonds is 9. The molecular formula is C19H20ClNO5. The van der Waals surface area contributed by atoms with E-state index < -0.39 is 5.97 Å². The fourth-order valence-electron chi connectivity index (χ4n) is 2.15. The van der Waals surface area contributed by atoms with Crippen molar-refractivity contribution < 1.29 is 24.2 Å². The van der Waals surface area contributed by atoms with E-state index in [9.17, 15) is 9.59 Å². The fourth-order valence-corrected chi connectivity index (χ4v) is 2.27. The highest BCUT2D eigenvalue weighted by Crippen LogP contribution is 2.20. The first-order chi connectivity index (χ1) is 12.4. The van der Waals surface area contributed by atoms with Crippen LogP contribution in [0, 0.1) is 6.92 Å².